The molecule has 21 heavy (non-hydrogen) atoms. The van der Waals surface area contributed by atoms with E-state index >= 15 is 0 Å². The molecule has 0 bridgehead atoms. The van der Waals surface area contributed by atoms with Gasteiger partial charge in [0.25, 0.3) is 10.0 Å². The molecule has 1 heterocycles. The van der Waals surface area contributed by atoms with Gasteiger partial charge in [0.05, 0.1) is 16.8 Å². The fourth-order valence-corrected chi connectivity index (χ4v) is 3.23. The van der Waals surface area contributed by atoms with E-state index in [1.54, 1.807) is 0 Å². The maximum absolute atomic E-state index is 13.6. The Hall–Kier alpha value is -1.52. The van der Waals surface area contributed by atoms with Crippen molar-refractivity contribution in [2.24, 2.45) is 0 Å². The third-order valence-electron chi connectivity index (χ3n) is 2.70. The third-order valence-corrected chi connectivity index (χ3v) is 4.65. The molecule has 0 unspecified atom stereocenters. The Morgan fingerprint density at radius 3 is 2.67 bits per heavy atom. The van der Waals surface area contributed by atoms with Crippen LogP contribution in [0.5, 0.6) is 0 Å². The van der Waals surface area contributed by atoms with Crippen LogP contribution in [0.4, 0.5) is 14.5 Å². The first-order valence-corrected chi connectivity index (χ1v) is 7.86. The normalized spacial score (nSPS) is 11.7. The Kier molecular flexibility index (Phi) is 4.30. The van der Waals surface area contributed by atoms with E-state index in [1.807, 2.05) is 4.72 Å². The highest BCUT2D eigenvalue weighted by Gasteiger charge is 2.25. The van der Waals surface area contributed by atoms with Gasteiger partial charge in [0, 0.05) is 17.3 Å². The lowest BCUT2D eigenvalue weighted by Crippen LogP contribution is -2.16. The summed E-state index contributed by atoms with van der Waals surface area (Å²) in [5.74, 6) is -1.93. The summed E-state index contributed by atoms with van der Waals surface area (Å²) < 4.78 is 52.9. The second-order valence-electron chi connectivity index (χ2n) is 4.14. The number of benzene rings is 1. The van der Waals surface area contributed by atoms with Crippen LogP contribution in [0.25, 0.3) is 0 Å². The van der Waals surface area contributed by atoms with Crippen LogP contribution in [0.3, 0.4) is 0 Å². The summed E-state index contributed by atoms with van der Waals surface area (Å²) in [6.45, 7) is 0.987. The zero-order valence-electron chi connectivity index (χ0n) is 10.6. The second-order valence-corrected chi connectivity index (χ2v) is 6.59. The van der Waals surface area contributed by atoms with Crippen LogP contribution in [0.15, 0.2) is 21.6 Å². The second kappa shape index (κ2) is 5.70. The highest BCUT2D eigenvalue weighted by molar-refractivity contribution is 9.10. The number of aryl methyl sites for hydroxylation is 1. The monoisotopic (exact) mass is 381 g/mol. The van der Waals surface area contributed by atoms with Gasteiger partial charge in [0.1, 0.15) is 11.6 Å². The lowest BCUT2D eigenvalue weighted by Gasteiger charge is -2.09. The molecular formula is C11H10BrF2N3O3S. The van der Waals surface area contributed by atoms with Crippen molar-refractivity contribution >= 4 is 31.6 Å². The van der Waals surface area contributed by atoms with E-state index in [4.69, 9.17) is 5.11 Å². The first kappa shape index (κ1) is 15.9. The number of anilines is 1. The number of rotatable bonds is 4. The zero-order valence-corrected chi connectivity index (χ0v) is 13.0. The molecular weight excluding hydrogens is 372 g/mol. The van der Waals surface area contributed by atoms with Crippen LogP contribution in [-0.2, 0) is 16.6 Å². The molecule has 2 aromatic rings. The average Bonchev–Trinajstić information content (AvgIpc) is 2.77. The first-order valence-electron chi connectivity index (χ1n) is 5.58. The van der Waals surface area contributed by atoms with Gasteiger partial charge in [-0.1, -0.05) is 0 Å². The summed E-state index contributed by atoms with van der Waals surface area (Å²) in [5, 5.41) is 14.7. The molecule has 0 aliphatic rings. The van der Waals surface area contributed by atoms with Crippen LogP contribution >= 0.6 is 15.9 Å². The van der Waals surface area contributed by atoms with Crippen molar-refractivity contribution in [3.8, 4) is 0 Å². The number of H-pyrrole nitrogens is 1. The van der Waals surface area contributed by atoms with E-state index in [0.29, 0.717) is 11.8 Å². The van der Waals surface area contributed by atoms with Crippen molar-refractivity contribution in [2.45, 2.75) is 18.6 Å². The molecule has 0 fully saturated rings. The smallest absolute Gasteiger partial charge is 0.281 e. The van der Waals surface area contributed by atoms with Gasteiger partial charge in [-0.3, -0.25) is 9.82 Å². The average molecular weight is 382 g/mol. The van der Waals surface area contributed by atoms with Crippen LogP contribution in [0.2, 0.25) is 0 Å². The number of nitrogens with zero attached hydrogens (tertiary/aromatic N) is 1. The summed E-state index contributed by atoms with van der Waals surface area (Å²) in [7, 11) is -4.22. The standard InChI is InChI=1S/C11H10BrF2N3O3S/c1-5-6(4-18)11(16-15-5)21(19,20)17-10-2-7(12)8(13)3-9(10)14/h2-3,17-18H,4H2,1H3,(H,15,16). The topological polar surface area (TPSA) is 95.1 Å². The first-order chi connectivity index (χ1) is 9.76. The molecule has 3 N–H and O–H groups in total. The molecule has 10 heteroatoms. The Balaban J connectivity index is 2.45. The maximum Gasteiger partial charge on any atom is 0.281 e. The van der Waals surface area contributed by atoms with Gasteiger partial charge >= 0.3 is 0 Å². The molecule has 1 aromatic carbocycles. The summed E-state index contributed by atoms with van der Waals surface area (Å²) in [6.07, 6.45) is 0. The Bertz CT molecular complexity index is 792. The van der Waals surface area contributed by atoms with Crippen LogP contribution in [-0.4, -0.2) is 23.7 Å². The van der Waals surface area contributed by atoms with Crippen LogP contribution in [0, 0.1) is 18.6 Å². The van der Waals surface area contributed by atoms with Gasteiger partial charge in [0.15, 0.2) is 0 Å². The number of hydrogen-bond donors (Lipinski definition) is 3. The van der Waals surface area contributed by atoms with Crippen LogP contribution < -0.4 is 4.72 Å². The van der Waals surface area contributed by atoms with Crippen molar-refractivity contribution in [1.29, 1.82) is 0 Å². The van der Waals surface area contributed by atoms with E-state index in [-0.39, 0.29) is 10.0 Å². The minimum Gasteiger partial charge on any atom is -0.392 e. The van der Waals surface area contributed by atoms with Crippen LogP contribution in [0.1, 0.15) is 11.3 Å². The fourth-order valence-electron chi connectivity index (χ4n) is 1.63. The number of aliphatic hydroxyl groups excluding tert-OH is 1. The molecule has 0 spiro atoms. The minimum atomic E-state index is -4.22. The molecule has 0 saturated carbocycles. The molecule has 0 amide bonds. The Morgan fingerprint density at radius 2 is 2.05 bits per heavy atom. The summed E-state index contributed by atoms with van der Waals surface area (Å²) in [5.41, 5.74) is 0.00976. The molecule has 0 saturated heterocycles. The molecule has 114 valence electrons. The molecule has 0 radical (unpaired) electrons. The molecule has 2 rings (SSSR count). The maximum atomic E-state index is 13.6. The van der Waals surface area contributed by atoms with Crippen molar-refractivity contribution < 1.29 is 22.3 Å². The lowest BCUT2D eigenvalue weighted by atomic mass is 10.3. The van der Waals surface area contributed by atoms with Crippen molar-refractivity contribution in [1.82, 2.24) is 10.2 Å². The zero-order chi connectivity index (χ0) is 15.8. The van der Waals surface area contributed by atoms with Gasteiger partial charge in [0.2, 0.25) is 5.03 Å². The SMILES string of the molecule is Cc1[nH]nc(S(=O)(=O)Nc2cc(Br)c(F)cc2F)c1CO. The third kappa shape index (κ3) is 3.06. The van der Waals surface area contributed by atoms with E-state index in [0.717, 1.165) is 6.07 Å². The quantitative estimate of drug-likeness (QED) is 0.706. The number of halogens is 3. The number of aliphatic hydroxyl groups is 1. The number of nitrogens with one attached hydrogen (secondary N) is 2. The highest BCUT2D eigenvalue weighted by atomic mass is 79.9. The van der Waals surface area contributed by atoms with E-state index in [1.165, 1.54) is 6.92 Å². The number of aromatic amines is 1. The predicted octanol–water partition coefficient (Wildman–Crippen LogP) is 2.05. The fraction of sp³-hybridized carbons (Fsp3) is 0.182. The van der Waals surface area contributed by atoms with Gasteiger partial charge < -0.3 is 5.11 Å². The highest BCUT2D eigenvalue weighted by Crippen LogP contribution is 2.26. The van der Waals surface area contributed by atoms with E-state index in [9.17, 15) is 17.2 Å². The summed E-state index contributed by atoms with van der Waals surface area (Å²) in [4.78, 5) is 0. The van der Waals surface area contributed by atoms with E-state index < -0.39 is 39.0 Å². The lowest BCUT2D eigenvalue weighted by molar-refractivity contribution is 0.277. The molecule has 6 nitrogen and oxygen atoms in total. The molecule has 1 aromatic heterocycles. The minimum absolute atomic E-state index is 0.0732. The summed E-state index contributed by atoms with van der Waals surface area (Å²) in [6, 6.07) is 1.50. The van der Waals surface area contributed by atoms with Gasteiger partial charge in [-0.25, -0.2) is 8.78 Å². The predicted molar refractivity (Wildman–Crippen MR) is 74.1 cm³/mol. The van der Waals surface area contributed by atoms with Gasteiger partial charge in [-0.2, -0.15) is 13.5 Å². The molecule has 0 aliphatic carbocycles. The van der Waals surface area contributed by atoms with Gasteiger partial charge in [-0.15, -0.1) is 0 Å². The number of sulfonamides is 1. The number of aromatic nitrogens is 2. The van der Waals surface area contributed by atoms with Crippen molar-refractivity contribution in [3.63, 3.8) is 0 Å². The Morgan fingerprint density at radius 1 is 1.38 bits per heavy atom. The Labute approximate surface area is 127 Å². The molecule has 0 atom stereocenters. The van der Waals surface area contributed by atoms with E-state index in [2.05, 4.69) is 26.1 Å². The van der Waals surface area contributed by atoms with Crippen molar-refractivity contribution in [3.05, 3.63) is 39.5 Å². The summed E-state index contributed by atoms with van der Waals surface area (Å²) >= 11 is 2.84. The van der Waals surface area contributed by atoms with Crippen molar-refractivity contribution in [2.75, 3.05) is 4.72 Å². The molecule has 0 aliphatic heterocycles. The number of hydrogen-bond acceptors (Lipinski definition) is 4. The largest absolute Gasteiger partial charge is 0.392 e. The van der Waals surface area contributed by atoms with Gasteiger partial charge in [-0.05, 0) is 28.9 Å².